The predicted molar refractivity (Wildman–Crippen MR) is 129 cm³/mol. The van der Waals surface area contributed by atoms with Crippen LogP contribution < -0.4 is 9.47 Å². The van der Waals surface area contributed by atoms with E-state index in [1.165, 1.54) is 18.1 Å². The molecule has 2 atom stereocenters. The first-order chi connectivity index (χ1) is 15.8. The minimum atomic E-state index is -0.754. The number of Topliss-reactive ketones (excluding diaryl/α,β-unsaturated/α-hetero) is 1. The van der Waals surface area contributed by atoms with E-state index >= 15 is 0 Å². The molecule has 2 heterocycles. The number of carbonyl (C=O) groups excluding carboxylic acids is 1. The van der Waals surface area contributed by atoms with Crippen molar-refractivity contribution in [3.63, 3.8) is 0 Å². The van der Waals surface area contributed by atoms with E-state index < -0.39 is 5.54 Å². The van der Waals surface area contributed by atoms with Gasteiger partial charge in [0.05, 0.1) is 12.1 Å². The van der Waals surface area contributed by atoms with Crippen LogP contribution in [0.2, 0.25) is 5.02 Å². The molecule has 2 saturated heterocycles. The highest BCUT2D eigenvalue weighted by molar-refractivity contribution is 6.32. The molecule has 0 aromatic heterocycles. The fourth-order valence-corrected chi connectivity index (χ4v) is 5.64. The summed E-state index contributed by atoms with van der Waals surface area (Å²) >= 11 is 6.21. The fourth-order valence-electron chi connectivity index (χ4n) is 5.44. The number of hydrogen-bond acceptors (Lipinski definition) is 6. The van der Waals surface area contributed by atoms with Crippen LogP contribution >= 0.6 is 11.6 Å². The molecule has 0 radical (unpaired) electrons. The Labute approximate surface area is 200 Å². The Kier molecular flexibility index (Phi) is 6.78. The first kappa shape index (κ1) is 23.7. The normalized spacial score (nSPS) is 24.5. The Hall–Kier alpha value is -2.44. The number of ether oxygens (including phenoxy) is 2. The Morgan fingerprint density at radius 1 is 1.12 bits per heavy atom. The summed E-state index contributed by atoms with van der Waals surface area (Å²) in [5, 5.41) is 4.23. The summed E-state index contributed by atoms with van der Waals surface area (Å²) < 4.78 is 11.1. The second-order valence-electron chi connectivity index (χ2n) is 9.40. The Morgan fingerprint density at radius 3 is 2.42 bits per heavy atom. The van der Waals surface area contributed by atoms with Gasteiger partial charge in [0, 0.05) is 18.6 Å². The quantitative estimate of drug-likeness (QED) is 0.461. The SMILES string of the molecule is COc1cc(C2(N=O)CC3CCC(C2)N3Cc2ccc(OCC(C)=O)c(C)c2C)ccc1Cl. The van der Waals surface area contributed by atoms with E-state index in [1.54, 1.807) is 13.2 Å². The molecule has 4 rings (SSSR count). The van der Waals surface area contributed by atoms with Crippen molar-refractivity contribution < 1.29 is 14.3 Å². The number of hydrogen-bond donors (Lipinski definition) is 0. The van der Waals surface area contributed by atoms with Crippen LogP contribution in [0.1, 0.15) is 54.9 Å². The van der Waals surface area contributed by atoms with Gasteiger partial charge in [-0.2, -0.15) is 0 Å². The van der Waals surface area contributed by atoms with Crippen molar-refractivity contribution >= 4 is 17.4 Å². The Morgan fingerprint density at radius 2 is 1.82 bits per heavy atom. The van der Waals surface area contributed by atoms with Gasteiger partial charge in [-0.25, -0.2) is 0 Å². The van der Waals surface area contributed by atoms with E-state index in [0.717, 1.165) is 36.3 Å². The minimum absolute atomic E-state index is 0.00611. The monoisotopic (exact) mass is 470 g/mol. The van der Waals surface area contributed by atoms with Crippen LogP contribution in [0.5, 0.6) is 11.5 Å². The zero-order valence-electron chi connectivity index (χ0n) is 19.7. The molecular formula is C26H31ClN2O4. The van der Waals surface area contributed by atoms with Crippen molar-refractivity contribution in [2.45, 2.75) is 70.6 Å². The summed E-state index contributed by atoms with van der Waals surface area (Å²) in [6.07, 6.45) is 3.50. The van der Waals surface area contributed by atoms with E-state index in [-0.39, 0.29) is 24.5 Å². The van der Waals surface area contributed by atoms with Crippen LogP contribution in [-0.2, 0) is 16.9 Å². The number of benzene rings is 2. The zero-order chi connectivity index (χ0) is 23.8. The number of ketones is 1. The summed E-state index contributed by atoms with van der Waals surface area (Å²) in [6, 6.07) is 10.2. The van der Waals surface area contributed by atoms with Gasteiger partial charge in [0.15, 0.2) is 5.78 Å². The summed E-state index contributed by atoms with van der Waals surface area (Å²) in [5.41, 5.74) is 3.63. The van der Waals surface area contributed by atoms with Crippen molar-refractivity contribution in [1.82, 2.24) is 4.90 Å². The molecule has 2 aliphatic rings. The molecule has 2 fully saturated rings. The molecule has 0 amide bonds. The topological polar surface area (TPSA) is 68.2 Å². The van der Waals surface area contributed by atoms with Gasteiger partial charge >= 0.3 is 0 Å². The molecule has 0 saturated carbocycles. The van der Waals surface area contributed by atoms with Crippen molar-refractivity contribution in [3.05, 3.63) is 62.5 Å². The van der Waals surface area contributed by atoms with Crippen LogP contribution in [0.3, 0.4) is 0 Å². The summed E-state index contributed by atoms with van der Waals surface area (Å²) in [4.78, 5) is 26.0. The zero-order valence-corrected chi connectivity index (χ0v) is 20.4. The lowest BCUT2D eigenvalue weighted by Gasteiger charge is -2.43. The highest BCUT2D eigenvalue weighted by Crippen LogP contribution is 2.49. The molecule has 33 heavy (non-hydrogen) atoms. The Bertz CT molecular complexity index is 1060. The average molecular weight is 471 g/mol. The summed E-state index contributed by atoms with van der Waals surface area (Å²) in [5.74, 6) is 1.34. The van der Waals surface area contributed by atoms with Crippen LogP contribution in [0.15, 0.2) is 35.5 Å². The molecule has 2 aliphatic heterocycles. The summed E-state index contributed by atoms with van der Waals surface area (Å²) in [6.45, 7) is 6.58. The van der Waals surface area contributed by atoms with Crippen LogP contribution in [0.4, 0.5) is 0 Å². The highest BCUT2D eigenvalue weighted by Gasteiger charge is 2.50. The predicted octanol–water partition coefficient (Wildman–Crippen LogP) is 5.72. The van der Waals surface area contributed by atoms with E-state index in [0.29, 0.717) is 23.6 Å². The van der Waals surface area contributed by atoms with Gasteiger partial charge in [-0.3, -0.25) is 9.69 Å². The van der Waals surface area contributed by atoms with Crippen molar-refractivity contribution in [2.24, 2.45) is 5.18 Å². The van der Waals surface area contributed by atoms with Crippen LogP contribution in [0.25, 0.3) is 0 Å². The number of halogens is 1. The smallest absolute Gasteiger partial charge is 0.167 e. The van der Waals surface area contributed by atoms with Crippen molar-refractivity contribution in [3.8, 4) is 11.5 Å². The van der Waals surface area contributed by atoms with E-state index in [1.807, 2.05) is 25.1 Å². The Balaban J connectivity index is 1.55. The van der Waals surface area contributed by atoms with Crippen molar-refractivity contribution in [1.29, 1.82) is 0 Å². The molecule has 2 unspecified atom stereocenters. The van der Waals surface area contributed by atoms with Gasteiger partial charge in [-0.15, -0.1) is 4.91 Å². The molecule has 2 bridgehead atoms. The first-order valence-electron chi connectivity index (χ1n) is 11.4. The van der Waals surface area contributed by atoms with E-state index in [9.17, 15) is 9.70 Å². The lowest BCUT2D eigenvalue weighted by molar-refractivity contribution is -0.118. The van der Waals surface area contributed by atoms with Gasteiger partial charge in [-0.1, -0.05) is 28.9 Å². The highest BCUT2D eigenvalue weighted by atomic mass is 35.5. The van der Waals surface area contributed by atoms with Gasteiger partial charge < -0.3 is 9.47 Å². The fraction of sp³-hybridized carbons (Fsp3) is 0.500. The molecule has 176 valence electrons. The van der Waals surface area contributed by atoms with Gasteiger partial charge in [0.1, 0.15) is 23.6 Å². The number of piperidine rings is 1. The molecule has 0 N–H and O–H groups in total. The standard InChI is InChI=1S/C26H31ClN2O4/c1-16(30)15-33-24-10-5-19(17(2)18(24)3)14-29-21-7-8-22(29)13-26(12-21,28-31)20-6-9-23(27)25(11-20)32-4/h5-6,9-11,21-22H,7-8,12-15H2,1-4H3. The average Bonchev–Trinajstić information content (AvgIpc) is 3.04. The number of carbonyl (C=O) groups is 1. The molecule has 0 spiro atoms. The number of nitroso groups, excluding NO2 is 1. The van der Waals surface area contributed by atoms with E-state index in [2.05, 4.69) is 23.1 Å². The van der Waals surface area contributed by atoms with Crippen LogP contribution in [-0.4, -0.2) is 36.5 Å². The number of fused-ring (bicyclic) bond motifs is 2. The molecule has 6 nitrogen and oxygen atoms in total. The van der Waals surface area contributed by atoms with Crippen LogP contribution in [0, 0.1) is 18.8 Å². The maximum atomic E-state index is 12.2. The first-order valence-corrected chi connectivity index (χ1v) is 11.8. The molecule has 2 aromatic rings. The second-order valence-corrected chi connectivity index (χ2v) is 9.81. The lowest BCUT2D eigenvalue weighted by Crippen LogP contribution is -2.48. The minimum Gasteiger partial charge on any atom is -0.495 e. The van der Waals surface area contributed by atoms with Gasteiger partial charge in [-0.05, 0) is 86.9 Å². The number of rotatable bonds is 8. The maximum Gasteiger partial charge on any atom is 0.167 e. The number of methoxy groups -OCH3 is 1. The van der Waals surface area contributed by atoms with Gasteiger partial charge in [0.2, 0.25) is 0 Å². The molecule has 0 aliphatic carbocycles. The third-order valence-electron chi connectivity index (χ3n) is 7.41. The second kappa shape index (κ2) is 9.43. The third-order valence-corrected chi connectivity index (χ3v) is 7.73. The third kappa shape index (κ3) is 4.51. The molecule has 2 aromatic carbocycles. The molecule has 7 heteroatoms. The molecular weight excluding hydrogens is 440 g/mol. The maximum absolute atomic E-state index is 12.2. The van der Waals surface area contributed by atoms with Crippen molar-refractivity contribution in [2.75, 3.05) is 13.7 Å². The van der Waals surface area contributed by atoms with E-state index in [4.69, 9.17) is 21.1 Å². The van der Waals surface area contributed by atoms with Gasteiger partial charge in [0.25, 0.3) is 0 Å². The largest absolute Gasteiger partial charge is 0.495 e. The number of nitrogens with zero attached hydrogens (tertiary/aromatic N) is 2. The lowest BCUT2D eigenvalue weighted by atomic mass is 9.78. The summed E-state index contributed by atoms with van der Waals surface area (Å²) in [7, 11) is 1.58.